The van der Waals surface area contributed by atoms with Crippen LogP contribution < -0.4 is 10.6 Å². The largest absolute Gasteiger partial charge is 0.322 e. The highest BCUT2D eigenvalue weighted by molar-refractivity contribution is 6.07. The lowest BCUT2D eigenvalue weighted by Gasteiger charge is -2.40. The van der Waals surface area contributed by atoms with E-state index in [2.05, 4.69) is 29.4 Å². The van der Waals surface area contributed by atoms with Crippen LogP contribution in [0.4, 0.5) is 4.79 Å². The van der Waals surface area contributed by atoms with Crippen LogP contribution in [-0.2, 0) is 4.79 Å². The van der Waals surface area contributed by atoms with Crippen LogP contribution in [0.5, 0.6) is 0 Å². The summed E-state index contributed by atoms with van der Waals surface area (Å²) in [6, 6.07) is 0.715. The number of hydrogen-bond donors (Lipinski definition) is 2. The minimum atomic E-state index is -0.650. The minimum Gasteiger partial charge on any atom is -0.322 e. The summed E-state index contributed by atoms with van der Waals surface area (Å²) in [7, 11) is 0. The van der Waals surface area contributed by atoms with E-state index in [0.29, 0.717) is 12.1 Å². The Labute approximate surface area is 101 Å². The van der Waals surface area contributed by atoms with E-state index in [1.165, 1.54) is 0 Å². The molecule has 0 saturated carbocycles. The summed E-state index contributed by atoms with van der Waals surface area (Å²) in [5.41, 5.74) is -0.650. The first-order valence-electron chi connectivity index (χ1n) is 6.45. The van der Waals surface area contributed by atoms with E-state index in [1.54, 1.807) is 0 Å². The number of imide groups is 1. The van der Waals surface area contributed by atoms with E-state index in [9.17, 15) is 9.59 Å². The molecule has 17 heavy (non-hydrogen) atoms. The molecule has 0 aromatic carbocycles. The number of carbonyl (C=O) groups is 2. The third-order valence-electron chi connectivity index (χ3n) is 4.49. The van der Waals surface area contributed by atoms with Crippen LogP contribution in [0, 0.1) is 0 Å². The Bertz CT molecular complexity index is 382. The van der Waals surface area contributed by atoms with Gasteiger partial charge in [0.05, 0.1) is 0 Å². The number of rotatable bonds is 1. The molecule has 3 aliphatic rings. The Morgan fingerprint density at radius 2 is 2.12 bits per heavy atom. The molecule has 3 saturated heterocycles. The highest BCUT2D eigenvalue weighted by Crippen LogP contribution is 2.44. The predicted octanol–water partition coefficient (Wildman–Crippen LogP) is 0.600. The van der Waals surface area contributed by atoms with Crippen LogP contribution >= 0.6 is 0 Å². The van der Waals surface area contributed by atoms with Crippen molar-refractivity contribution in [3.63, 3.8) is 0 Å². The summed E-state index contributed by atoms with van der Waals surface area (Å²) in [6.45, 7) is 4.33. The second-order valence-electron chi connectivity index (χ2n) is 5.73. The Kier molecular flexibility index (Phi) is 2.23. The second-order valence-corrected chi connectivity index (χ2v) is 5.73. The lowest BCUT2D eigenvalue weighted by atomic mass is 9.88. The van der Waals surface area contributed by atoms with Crippen molar-refractivity contribution < 1.29 is 9.59 Å². The molecule has 0 aromatic rings. The molecule has 3 fully saturated rings. The molecular weight excluding hydrogens is 218 g/mol. The normalized spacial score (nSPS) is 41.1. The van der Waals surface area contributed by atoms with Crippen molar-refractivity contribution in [1.29, 1.82) is 0 Å². The molecule has 2 bridgehead atoms. The second kappa shape index (κ2) is 3.45. The van der Waals surface area contributed by atoms with Crippen LogP contribution in [-0.4, -0.2) is 40.5 Å². The van der Waals surface area contributed by atoms with Crippen molar-refractivity contribution >= 4 is 11.9 Å². The van der Waals surface area contributed by atoms with Gasteiger partial charge in [0.15, 0.2) is 0 Å². The molecule has 3 rings (SSSR count). The smallest absolute Gasteiger partial charge is 0.322 e. The Morgan fingerprint density at radius 1 is 1.35 bits per heavy atom. The van der Waals surface area contributed by atoms with Gasteiger partial charge in [0.1, 0.15) is 5.54 Å². The van der Waals surface area contributed by atoms with Crippen molar-refractivity contribution in [2.45, 2.75) is 63.2 Å². The monoisotopic (exact) mass is 237 g/mol. The third-order valence-corrected chi connectivity index (χ3v) is 4.49. The zero-order valence-corrected chi connectivity index (χ0v) is 10.3. The standard InChI is InChI=1S/C12H19N3O2/c1-7(2)15-8-4-3-5-9(15)12(6-8)10(16)13-11(17)14-12/h7-9H,3-6H2,1-2H3,(H2,13,14,16,17)/t8-,9+,12-/m0/s1. The fraction of sp³-hybridized carbons (Fsp3) is 0.833. The van der Waals surface area contributed by atoms with Gasteiger partial charge in [-0.25, -0.2) is 4.79 Å². The van der Waals surface area contributed by atoms with Gasteiger partial charge >= 0.3 is 6.03 Å². The first-order chi connectivity index (χ1) is 8.04. The average Bonchev–Trinajstić information content (AvgIpc) is 2.62. The first-order valence-corrected chi connectivity index (χ1v) is 6.45. The molecule has 2 N–H and O–H groups in total. The van der Waals surface area contributed by atoms with Gasteiger partial charge in [-0.05, 0) is 33.1 Å². The summed E-state index contributed by atoms with van der Waals surface area (Å²) in [5, 5.41) is 5.30. The molecule has 3 heterocycles. The van der Waals surface area contributed by atoms with Crippen molar-refractivity contribution in [1.82, 2.24) is 15.5 Å². The van der Waals surface area contributed by atoms with E-state index in [4.69, 9.17) is 0 Å². The van der Waals surface area contributed by atoms with Gasteiger partial charge in [-0.15, -0.1) is 0 Å². The quantitative estimate of drug-likeness (QED) is 0.656. The van der Waals surface area contributed by atoms with Crippen LogP contribution in [0.15, 0.2) is 0 Å². The number of nitrogens with one attached hydrogen (secondary N) is 2. The maximum atomic E-state index is 12.1. The molecule has 1 spiro atoms. The van der Waals surface area contributed by atoms with Gasteiger partial charge in [0.25, 0.3) is 5.91 Å². The van der Waals surface area contributed by atoms with Gasteiger partial charge in [0, 0.05) is 18.1 Å². The summed E-state index contributed by atoms with van der Waals surface area (Å²) in [6.07, 6.45) is 4.07. The number of piperidine rings is 1. The van der Waals surface area contributed by atoms with Gasteiger partial charge in [0.2, 0.25) is 0 Å². The van der Waals surface area contributed by atoms with Gasteiger partial charge < -0.3 is 5.32 Å². The highest BCUT2D eigenvalue weighted by Gasteiger charge is 2.61. The van der Waals surface area contributed by atoms with Gasteiger partial charge in [-0.1, -0.05) is 6.42 Å². The fourth-order valence-corrected chi connectivity index (χ4v) is 3.98. The SMILES string of the molecule is CC(C)N1[C@H]2CCC[C@@H]1[C@]1(C2)NC(=O)NC1=O. The Hall–Kier alpha value is -1.10. The molecule has 3 atom stereocenters. The summed E-state index contributed by atoms with van der Waals surface area (Å²) in [4.78, 5) is 25.9. The van der Waals surface area contributed by atoms with Crippen molar-refractivity contribution in [3.05, 3.63) is 0 Å². The van der Waals surface area contributed by atoms with E-state index in [1.807, 2.05) is 0 Å². The van der Waals surface area contributed by atoms with E-state index in [0.717, 1.165) is 25.7 Å². The molecule has 0 aromatic heterocycles. The summed E-state index contributed by atoms with van der Waals surface area (Å²) in [5.74, 6) is -0.123. The first kappa shape index (κ1) is 11.0. The zero-order chi connectivity index (χ0) is 12.2. The third kappa shape index (κ3) is 1.35. The zero-order valence-electron chi connectivity index (χ0n) is 10.3. The molecule has 5 nitrogen and oxygen atoms in total. The summed E-state index contributed by atoms with van der Waals surface area (Å²) >= 11 is 0. The number of hydrogen-bond acceptors (Lipinski definition) is 3. The van der Waals surface area contributed by atoms with Crippen LogP contribution in [0.1, 0.15) is 39.5 Å². The van der Waals surface area contributed by atoms with E-state index < -0.39 is 5.54 Å². The molecule has 3 amide bonds. The topological polar surface area (TPSA) is 61.4 Å². The number of fused-ring (bicyclic) bond motifs is 3. The van der Waals surface area contributed by atoms with E-state index >= 15 is 0 Å². The molecular formula is C12H19N3O2. The molecule has 0 aliphatic carbocycles. The van der Waals surface area contributed by atoms with Crippen LogP contribution in [0.25, 0.3) is 0 Å². The number of urea groups is 1. The molecule has 5 heteroatoms. The maximum Gasteiger partial charge on any atom is 0.322 e. The van der Waals surface area contributed by atoms with E-state index in [-0.39, 0.29) is 18.0 Å². The number of amides is 3. The number of nitrogens with zero attached hydrogens (tertiary/aromatic N) is 1. The lowest BCUT2D eigenvalue weighted by Crippen LogP contribution is -2.58. The van der Waals surface area contributed by atoms with Crippen molar-refractivity contribution in [2.75, 3.05) is 0 Å². The average molecular weight is 237 g/mol. The van der Waals surface area contributed by atoms with Crippen molar-refractivity contribution in [2.24, 2.45) is 0 Å². The molecule has 0 unspecified atom stereocenters. The van der Waals surface area contributed by atoms with Gasteiger partial charge in [-0.3, -0.25) is 15.0 Å². The molecule has 0 radical (unpaired) electrons. The predicted molar refractivity (Wildman–Crippen MR) is 62.4 cm³/mol. The van der Waals surface area contributed by atoms with Crippen LogP contribution in [0.3, 0.4) is 0 Å². The summed E-state index contributed by atoms with van der Waals surface area (Å²) < 4.78 is 0. The van der Waals surface area contributed by atoms with Crippen molar-refractivity contribution in [3.8, 4) is 0 Å². The fourth-order valence-electron chi connectivity index (χ4n) is 3.98. The molecule has 94 valence electrons. The van der Waals surface area contributed by atoms with Crippen LogP contribution in [0.2, 0.25) is 0 Å². The lowest BCUT2D eigenvalue weighted by molar-refractivity contribution is -0.125. The Balaban J connectivity index is 1.98. The number of carbonyl (C=O) groups excluding carboxylic acids is 2. The molecule has 3 aliphatic heterocycles. The highest BCUT2D eigenvalue weighted by atomic mass is 16.2. The minimum absolute atomic E-state index is 0.123. The van der Waals surface area contributed by atoms with Gasteiger partial charge in [-0.2, -0.15) is 0 Å². The maximum absolute atomic E-state index is 12.1. The Morgan fingerprint density at radius 3 is 2.65 bits per heavy atom.